The Morgan fingerprint density at radius 3 is 2.61 bits per heavy atom. The quantitative estimate of drug-likeness (QED) is 0.380. The molecule has 31 heavy (non-hydrogen) atoms. The van der Waals surface area contributed by atoms with Crippen LogP contribution in [-0.4, -0.2) is 50.2 Å². The molecule has 9 nitrogen and oxygen atoms in total. The van der Waals surface area contributed by atoms with Gasteiger partial charge in [-0.1, -0.05) is 41.5 Å². The summed E-state index contributed by atoms with van der Waals surface area (Å²) in [5.41, 5.74) is 2.31. The standard InChI is InChI=1S/C22H22N8O/c31-21(25-15-10-11-15)18-14-20(26-19-9-5-4-8-17(18)19)23-12-13-24-22-27-28-29-30(22)16-6-2-1-3-7-16/h1-9,14-15H,10-13H2,(H,23,26)(H,25,31)(H,24,27,29). The van der Waals surface area contributed by atoms with E-state index in [0.29, 0.717) is 36.5 Å². The van der Waals surface area contributed by atoms with E-state index in [2.05, 4.69) is 36.5 Å². The highest BCUT2D eigenvalue weighted by molar-refractivity contribution is 6.07. The lowest BCUT2D eigenvalue weighted by molar-refractivity contribution is 0.0952. The number of pyridine rings is 1. The number of tetrazole rings is 1. The van der Waals surface area contributed by atoms with Gasteiger partial charge in [0.2, 0.25) is 5.95 Å². The minimum Gasteiger partial charge on any atom is -0.368 e. The van der Waals surface area contributed by atoms with Crippen LogP contribution in [0, 0.1) is 0 Å². The summed E-state index contributed by atoms with van der Waals surface area (Å²) in [7, 11) is 0. The highest BCUT2D eigenvalue weighted by Crippen LogP contribution is 2.24. The first-order chi connectivity index (χ1) is 15.3. The van der Waals surface area contributed by atoms with Gasteiger partial charge >= 0.3 is 0 Å². The molecule has 0 atom stereocenters. The van der Waals surface area contributed by atoms with Crippen LogP contribution in [0.15, 0.2) is 60.7 Å². The van der Waals surface area contributed by atoms with Crippen LogP contribution in [0.5, 0.6) is 0 Å². The van der Waals surface area contributed by atoms with Crippen LogP contribution in [0.1, 0.15) is 23.2 Å². The Balaban J connectivity index is 1.26. The predicted octanol–water partition coefficient (Wildman–Crippen LogP) is 2.63. The molecule has 2 heterocycles. The fraction of sp³-hybridized carbons (Fsp3) is 0.227. The van der Waals surface area contributed by atoms with E-state index in [1.807, 2.05) is 60.7 Å². The highest BCUT2D eigenvalue weighted by Gasteiger charge is 2.25. The zero-order valence-corrected chi connectivity index (χ0v) is 16.8. The normalized spacial score (nSPS) is 13.2. The summed E-state index contributed by atoms with van der Waals surface area (Å²) < 4.78 is 1.65. The SMILES string of the molecule is O=C(NC1CC1)c1cc(NCCNc2nnnn2-c2ccccc2)nc2ccccc12. The van der Waals surface area contributed by atoms with E-state index in [1.54, 1.807) is 4.68 Å². The second-order valence-corrected chi connectivity index (χ2v) is 7.42. The van der Waals surface area contributed by atoms with Crippen LogP contribution in [-0.2, 0) is 0 Å². The molecule has 0 aliphatic heterocycles. The number of carbonyl (C=O) groups excluding carboxylic acids is 1. The van der Waals surface area contributed by atoms with E-state index < -0.39 is 0 Å². The first-order valence-electron chi connectivity index (χ1n) is 10.3. The molecule has 9 heteroatoms. The zero-order valence-electron chi connectivity index (χ0n) is 16.8. The molecule has 0 radical (unpaired) electrons. The number of nitrogens with one attached hydrogen (secondary N) is 3. The van der Waals surface area contributed by atoms with Crippen LogP contribution in [0.3, 0.4) is 0 Å². The van der Waals surface area contributed by atoms with Gasteiger partial charge < -0.3 is 16.0 Å². The lowest BCUT2D eigenvalue weighted by Gasteiger charge is -2.12. The highest BCUT2D eigenvalue weighted by atomic mass is 16.1. The molecule has 3 N–H and O–H groups in total. The molecule has 1 aliphatic rings. The van der Waals surface area contributed by atoms with Crippen LogP contribution < -0.4 is 16.0 Å². The number of nitrogens with zero attached hydrogens (tertiary/aromatic N) is 5. The Kier molecular flexibility index (Phi) is 5.14. The van der Waals surface area contributed by atoms with Gasteiger partial charge in [-0.15, -0.1) is 0 Å². The van der Waals surface area contributed by atoms with Gasteiger partial charge in [-0.25, -0.2) is 4.98 Å². The molecular formula is C22H22N8O. The van der Waals surface area contributed by atoms with Crippen molar-refractivity contribution in [3.05, 3.63) is 66.2 Å². The first-order valence-corrected chi connectivity index (χ1v) is 10.3. The lowest BCUT2D eigenvalue weighted by Crippen LogP contribution is -2.26. The smallest absolute Gasteiger partial charge is 0.252 e. The summed E-state index contributed by atoms with van der Waals surface area (Å²) in [4.78, 5) is 17.4. The van der Waals surface area contributed by atoms with Gasteiger partial charge in [0.1, 0.15) is 5.82 Å². The molecule has 1 saturated carbocycles. The van der Waals surface area contributed by atoms with Crippen molar-refractivity contribution >= 4 is 28.6 Å². The van der Waals surface area contributed by atoms with Gasteiger partial charge in [0.25, 0.3) is 5.91 Å². The molecule has 156 valence electrons. The van der Waals surface area contributed by atoms with Gasteiger partial charge in [0.05, 0.1) is 16.8 Å². The monoisotopic (exact) mass is 414 g/mol. The van der Waals surface area contributed by atoms with Crippen LogP contribution >= 0.6 is 0 Å². The Labute approximate surface area is 178 Å². The van der Waals surface area contributed by atoms with Crippen molar-refractivity contribution in [3.8, 4) is 5.69 Å². The maximum atomic E-state index is 12.7. The molecule has 0 saturated heterocycles. The Morgan fingerprint density at radius 1 is 1.00 bits per heavy atom. The van der Waals surface area contributed by atoms with Gasteiger partial charge in [-0.2, -0.15) is 4.68 Å². The number of hydrogen-bond acceptors (Lipinski definition) is 7. The summed E-state index contributed by atoms with van der Waals surface area (Å²) in [6, 6.07) is 19.5. The van der Waals surface area contributed by atoms with Gasteiger partial charge in [0, 0.05) is 24.5 Å². The fourth-order valence-electron chi connectivity index (χ4n) is 3.35. The summed E-state index contributed by atoms with van der Waals surface area (Å²) in [6.45, 7) is 1.15. The maximum Gasteiger partial charge on any atom is 0.252 e. The summed E-state index contributed by atoms with van der Waals surface area (Å²) in [5.74, 6) is 1.16. The van der Waals surface area contributed by atoms with E-state index in [1.165, 1.54) is 0 Å². The molecule has 1 fully saturated rings. The molecule has 1 aliphatic carbocycles. The maximum absolute atomic E-state index is 12.7. The third-order valence-corrected chi connectivity index (χ3v) is 5.06. The van der Waals surface area contributed by atoms with E-state index in [9.17, 15) is 4.79 Å². The van der Waals surface area contributed by atoms with Crippen molar-refractivity contribution in [1.82, 2.24) is 30.5 Å². The summed E-state index contributed by atoms with van der Waals surface area (Å²) in [5, 5.41) is 22.3. The molecule has 1 amide bonds. The van der Waals surface area contributed by atoms with Crippen molar-refractivity contribution in [2.45, 2.75) is 18.9 Å². The van der Waals surface area contributed by atoms with E-state index in [0.717, 1.165) is 29.4 Å². The van der Waals surface area contributed by atoms with Gasteiger partial charge in [0.15, 0.2) is 0 Å². The topological polar surface area (TPSA) is 110 Å². The number of para-hydroxylation sites is 2. The van der Waals surface area contributed by atoms with Crippen molar-refractivity contribution in [3.63, 3.8) is 0 Å². The number of rotatable bonds is 8. The minimum atomic E-state index is -0.0516. The van der Waals surface area contributed by atoms with E-state index >= 15 is 0 Å². The van der Waals surface area contributed by atoms with E-state index in [4.69, 9.17) is 0 Å². The van der Waals surface area contributed by atoms with Gasteiger partial charge in [-0.3, -0.25) is 4.79 Å². The minimum absolute atomic E-state index is 0.0516. The average molecular weight is 414 g/mol. The van der Waals surface area contributed by atoms with Gasteiger partial charge in [-0.05, 0) is 47.5 Å². The number of anilines is 2. The molecular weight excluding hydrogens is 392 g/mol. The number of hydrogen-bond donors (Lipinski definition) is 3. The Bertz CT molecular complexity index is 1200. The fourth-order valence-corrected chi connectivity index (χ4v) is 3.35. The van der Waals surface area contributed by atoms with Crippen molar-refractivity contribution in [2.24, 2.45) is 0 Å². The number of fused-ring (bicyclic) bond motifs is 1. The molecule has 0 bridgehead atoms. The van der Waals surface area contributed by atoms with Crippen molar-refractivity contribution < 1.29 is 4.79 Å². The molecule has 0 spiro atoms. The zero-order chi connectivity index (χ0) is 21.0. The van der Waals surface area contributed by atoms with E-state index in [-0.39, 0.29) is 5.91 Å². The number of benzene rings is 2. The van der Waals surface area contributed by atoms with Crippen LogP contribution in [0.2, 0.25) is 0 Å². The molecule has 2 aromatic heterocycles. The summed E-state index contributed by atoms with van der Waals surface area (Å²) in [6.07, 6.45) is 2.10. The predicted molar refractivity (Wildman–Crippen MR) is 118 cm³/mol. The van der Waals surface area contributed by atoms with Crippen molar-refractivity contribution in [2.75, 3.05) is 23.7 Å². The second-order valence-electron chi connectivity index (χ2n) is 7.42. The number of amides is 1. The number of carbonyl (C=O) groups is 1. The van der Waals surface area contributed by atoms with Crippen LogP contribution in [0.25, 0.3) is 16.6 Å². The molecule has 0 unspecified atom stereocenters. The molecule has 4 aromatic rings. The average Bonchev–Trinajstić information content (AvgIpc) is 3.50. The Morgan fingerprint density at radius 2 is 1.77 bits per heavy atom. The lowest BCUT2D eigenvalue weighted by atomic mass is 10.1. The third-order valence-electron chi connectivity index (χ3n) is 5.06. The summed E-state index contributed by atoms with van der Waals surface area (Å²) >= 11 is 0. The van der Waals surface area contributed by atoms with Crippen LogP contribution in [0.4, 0.5) is 11.8 Å². The largest absolute Gasteiger partial charge is 0.368 e. The number of aromatic nitrogens is 5. The molecule has 2 aromatic carbocycles. The van der Waals surface area contributed by atoms with Crippen molar-refractivity contribution in [1.29, 1.82) is 0 Å². The Hall–Kier alpha value is -4.01. The molecule has 5 rings (SSSR count). The second kappa shape index (κ2) is 8.39. The third kappa shape index (κ3) is 4.30. The first kappa shape index (κ1) is 19.0.